The van der Waals surface area contributed by atoms with E-state index in [2.05, 4.69) is 48.5 Å². The number of hydrogen-bond donors (Lipinski definition) is 0. The molecule has 1 aliphatic rings. The topological polar surface area (TPSA) is 26.3 Å². The van der Waals surface area contributed by atoms with Crippen LogP contribution in [0, 0.1) is 11.8 Å². The summed E-state index contributed by atoms with van der Waals surface area (Å²) < 4.78 is 5.34. The molecule has 0 aliphatic heterocycles. The van der Waals surface area contributed by atoms with Gasteiger partial charge < -0.3 is 4.74 Å². The Morgan fingerprint density at radius 3 is 2.09 bits per heavy atom. The Bertz CT molecular complexity index is 581. The molecule has 0 radical (unpaired) electrons. The Morgan fingerprint density at radius 2 is 1.57 bits per heavy atom. The number of benzene rings is 2. The van der Waals surface area contributed by atoms with Gasteiger partial charge in [-0.2, -0.15) is 0 Å². The molecule has 3 rings (SSSR count). The van der Waals surface area contributed by atoms with E-state index in [4.69, 9.17) is 4.74 Å². The largest absolute Gasteiger partial charge is 0.466 e. The molecule has 0 heterocycles. The molecule has 1 saturated carbocycles. The van der Waals surface area contributed by atoms with Gasteiger partial charge in [0.05, 0.1) is 12.5 Å². The van der Waals surface area contributed by atoms with Crippen molar-refractivity contribution in [2.75, 3.05) is 6.61 Å². The number of rotatable bonds is 5. The monoisotopic (exact) mass is 308 g/mol. The lowest BCUT2D eigenvalue weighted by molar-refractivity contribution is -0.149. The average molecular weight is 308 g/mol. The third kappa shape index (κ3) is 3.47. The fraction of sp³-hybridized carbons (Fsp3) is 0.381. The van der Waals surface area contributed by atoms with Gasteiger partial charge in [-0.15, -0.1) is 0 Å². The molecule has 2 nitrogen and oxygen atoms in total. The first kappa shape index (κ1) is 15.8. The smallest absolute Gasteiger partial charge is 0.309 e. The maximum atomic E-state index is 12.4. The second-order valence-corrected chi connectivity index (χ2v) is 6.25. The van der Waals surface area contributed by atoms with E-state index in [0.717, 1.165) is 19.3 Å². The zero-order valence-corrected chi connectivity index (χ0v) is 13.7. The molecule has 0 saturated heterocycles. The maximum absolute atomic E-state index is 12.4. The molecule has 0 aromatic heterocycles. The number of esters is 1. The lowest BCUT2D eigenvalue weighted by Gasteiger charge is -2.28. The molecule has 0 spiro atoms. The van der Waals surface area contributed by atoms with Crippen LogP contribution in [0.25, 0.3) is 0 Å². The molecule has 0 N–H and O–H groups in total. The van der Waals surface area contributed by atoms with Gasteiger partial charge in [-0.05, 0) is 36.8 Å². The van der Waals surface area contributed by atoms with Crippen LogP contribution in [0.2, 0.25) is 0 Å². The van der Waals surface area contributed by atoms with Gasteiger partial charge in [0.25, 0.3) is 0 Å². The Morgan fingerprint density at radius 1 is 1.00 bits per heavy atom. The summed E-state index contributed by atoms with van der Waals surface area (Å²) in [6.07, 6.45) is 3.13. The fourth-order valence-electron chi connectivity index (χ4n) is 3.94. The average Bonchev–Trinajstić information content (AvgIpc) is 3.07. The van der Waals surface area contributed by atoms with E-state index in [0.29, 0.717) is 12.5 Å². The zero-order valence-electron chi connectivity index (χ0n) is 13.7. The summed E-state index contributed by atoms with van der Waals surface area (Å²) in [6.45, 7) is 2.34. The standard InChI is InChI=1S/C21H24O2/c1-2-23-21(22)19-15-9-14-18(19)20(16-10-5-3-6-11-16)17-12-7-4-8-13-17/h3-8,10-13,18-20H,2,9,14-15H2,1H3/t18-,19+/m0/s1. The molecule has 2 aromatic rings. The van der Waals surface area contributed by atoms with Crippen LogP contribution in [0.15, 0.2) is 60.7 Å². The Kier molecular flexibility index (Phi) is 5.12. The summed E-state index contributed by atoms with van der Waals surface area (Å²) in [5.41, 5.74) is 2.58. The Hall–Kier alpha value is -2.09. The van der Waals surface area contributed by atoms with Crippen LogP contribution in [0.5, 0.6) is 0 Å². The molecule has 2 heteroatoms. The predicted molar refractivity (Wildman–Crippen MR) is 92.2 cm³/mol. The quantitative estimate of drug-likeness (QED) is 0.742. The van der Waals surface area contributed by atoms with E-state index in [9.17, 15) is 4.79 Å². The van der Waals surface area contributed by atoms with Crippen molar-refractivity contribution in [3.63, 3.8) is 0 Å². The molecule has 2 aromatic carbocycles. The number of ether oxygens (including phenoxy) is 1. The zero-order chi connectivity index (χ0) is 16.1. The van der Waals surface area contributed by atoms with Crippen molar-refractivity contribution in [2.24, 2.45) is 11.8 Å². The second-order valence-electron chi connectivity index (χ2n) is 6.25. The van der Waals surface area contributed by atoms with Crippen LogP contribution in [0.4, 0.5) is 0 Å². The third-order valence-electron chi connectivity index (χ3n) is 4.90. The highest BCUT2D eigenvalue weighted by Crippen LogP contribution is 2.45. The van der Waals surface area contributed by atoms with Crippen LogP contribution in [0.3, 0.4) is 0 Å². The lowest BCUT2D eigenvalue weighted by Crippen LogP contribution is -2.26. The van der Waals surface area contributed by atoms with Crippen molar-refractivity contribution in [3.05, 3.63) is 71.8 Å². The van der Waals surface area contributed by atoms with Crippen LogP contribution >= 0.6 is 0 Å². The SMILES string of the molecule is CCOC(=O)[C@@H]1CCC[C@@H]1C(c1ccccc1)c1ccccc1. The maximum Gasteiger partial charge on any atom is 0.309 e. The van der Waals surface area contributed by atoms with Gasteiger partial charge >= 0.3 is 5.97 Å². The fourth-order valence-corrected chi connectivity index (χ4v) is 3.94. The minimum absolute atomic E-state index is 0.0142. The van der Waals surface area contributed by atoms with E-state index < -0.39 is 0 Å². The summed E-state index contributed by atoms with van der Waals surface area (Å²) >= 11 is 0. The molecule has 120 valence electrons. The Labute approximate surface area is 138 Å². The van der Waals surface area contributed by atoms with Crippen molar-refractivity contribution in [1.82, 2.24) is 0 Å². The summed E-state index contributed by atoms with van der Waals surface area (Å²) in [5.74, 6) is 0.570. The molecule has 0 amide bonds. The van der Waals surface area contributed by atoms with Gasteiger partial charge in [0.1, 0.15) is 0 Å². The van der Waals surface area contributed by atoms with Crippen molar-refractivity contribution in [3.8, 4) is 0 Å². The van der Waals surface area contributed by atoms with Crippen molar-refractivity contribution >= 4 is 5.97 Å². The van der Waals surface area contributed by atoms with Gasteiger partial charge in [-0.25, -0.2) is 0 Å². The molecule has 23 heavy (non-hydrogen) atoms. The van der Waals surface area contributed by atoms with Gasteiger partial charge in [-0.3, -0.25) is 4.79 Å². The van der Waals surface area contributed by atoms with Crippen LogP contribution in [-0.2, 0) is 9.53 Å². The van der Waals surface area contributed by atoms with E-state index >= 15 is 0 Å². The minimum Gasteiger partial charge on any atom is -0.466 e. The third-order valence-corrected chi connectivity index (χ3v) is 4.90. The molecular formula is C21H24O2. The Balaban J connectivity index is 1.97. The number of carbonyl (C=O) groups excluding carboxylic acids is 1. The summed E-state index contributed by atoms with van der Waals surface area (Å²) in [6, 6.07) is 21.1. The summed E-state index contributed by atoms with van der Waals surface area (Å²) in [7, 11) is 0. The first-order valence-electron chi connectivity index (χ1n) is 8.57. The van der Waals surface area contributed by atoms with Gasteiger partial charge in [-0.1, -0.05) is 67.1 Å². The number of hydrogen-bond acceptors (Lipinski definition) is 2. The molecule has 1 fully saturated rings. The predicted octanol–water partition coefficient (Wildman–Crippen LogP) is 4.80. The molecule has 1 aliphatic carbocycles. The molecule has 0 bridgehead atoms. The highest BCUT2D eigenvalue weighted by atomic mass is 16.5. The summed E-state index contributed by atoms with van der Waals surface area (Å²) in [4.78, 5) is 12.4. The summed E-state index contributed by atoms with van der Waals surface area (Å²) in [5, 5.41) is 0. The highest BCUT2D eigenvalue weighted by Gasteiger charge is 2.40. The van der Waals surface area contributed by atoms with E-state index in [-0.39, 0.29) is 17.8 Å². The van der Waals surface area contributed by atoms with Crippen LogP contribution in [0.1, 0.15) is 43.2 Å². The second kappa shape index (κ2) is 7.45. The highest BCUT2D eigenvalue weighted by molar-refractivity contribution is 5.73. The van der Waals surface area contributed by atoms with Gasteiger partial charge in [0.2, 0.25) is 0 Å². The van der Waals surface area contributed by atoms with Crippen molar-refractivity contribution < 1.29 is 9.53 Å². The van der Waals surface area contributed by atoms with Gasteiger partial charge in [0.15, 0.2) is 0 Å². The van der Waals surface area contributed by atoms with E-state index in [1.54, 1.807) is 0 Å². The van der Waals surface area contributed by atoms with Gasteiger partial charge in [0, 0.05) is 5.92 Å². The number of carbonyl (C=O) groups is 1. The van der Waals surface area contributed by atoms with E-state index in [1.165, 1.54) is 11.1 Å². The molecule has 2 atom stereocenters. The minimum atomic E-state index is -0.0214. The van der Waals surface area contributed by atoms with E-state index in [1.807, 2.05) is 19.1 Å². The van der Waals surface area contributed by atoms with Crippen LogP contribution in [-0.4, -0.2) is 12.6 Å². The van der Waals surface area contributed by atoms with Crippen molar-refractivity contribution in [1.29, 1.82) is 0 Å². The molecule has 0 unspecified atom stereocenters. The lowest BCUT2D eigenvalue weighted by atomic mass is 9.76. The van der Waals surface area contributed by atoms with Crippen LogP contribution < -0.4 is 0 Å². The normalized spacial score (nSPS) is 20.6. The first-order chi connectivity index (χ1) is 11.3. The first-order valence-corrected chi connectivity index (χ1v) is 8.57. The molecular weight excluding hydrogens is 284 g/mol. The van der Waals surface area contributed by atoms with Crippen molar-refractivity contribution in [2.45, 2.75) is 32.1 Å².